The van der Waals surface area contributed by atoms with Crippen LogP contribution in [0.25, 0.3) is 0 Å². The topological polar surface area (TPSA) is 86.7 Å². The van der Waals surface area contributed by atoms with Crippen LogP contribution in [0.4, 0.5) is 0 Å². The first-order chi connectivity index (χ1) is 14.7. The standard InChI is InChI=1S/C26H46O6S/c1-16(2)19(7)14-22(18(5)6)23(20(8)17(3)4)33(29,30)31-15-26(13,21(9)27)24(28)32-25(10,11)12/h14,16-18,20H,15H2,1-13H3. The van der Waals surface area contributed by atoms with Crippen molar-refractivity contribution in [2.45, 2.75) is 95.6 Å². The minimum Gasteiger partial charge on any atom is -0.459 e. The Hall–Kier alpha value is -1.47. The number of Topliss-reactive ketones (excluding diaryl/α,β-unsaturated/α-hetero) is 1. The zero-order valence-electron chi connectivity index (χ0n) is 23.0. The number of hydrogen-bond acceptors (Lipinski definition) is 6. The van der Waals surface area contributed by atoms with Crippen molar-refractivity contribution in [1.29, 1.82) is 0 Å². The van der Waals surface area contributed by atoms with Crippen LogP contribution in [0, 0.1) is 29.1 Å². The molecule has 0 spiro atoms. The highest BCUT2D eigenvalue weighted by atomic mass is 32.2. The van der Waals surface area contributed by atoms with Crippen molar-refractivity contribution in [2.75, 3.05) is 6.61 Å². The first kappa shape index (κ1) is 31.5. The molecule has 0 fully saturated rings. The first-order valence-corrected chi connectivity index (χ1v) is 13.1. The van der Waals surface area contributed by atoms with Gasteiger partial charge in [0, 0.05) is 0 Å². The summed E-state index contributed by atoms with van der Waals surface area (Å²) >= 11 is 0. The van der Waals surface area contributed by atoms with Gasteiger partial charge in [-0.05, 0) is 70.8 Å². The molecule has 2 atom stereocenters. The van der Waals surface area contributed by atoms with Crippen LogP contribution in [0.3, 0.4) is 0 Å². The molecule has 0 aromatic rings. The summed E-state index contributed by atoms with van der Waals surface area (Å²) in [5.41, 5.74) is -0.823. The average Bonchev–Trinajstić information content (AvgIpc) is 2.63. The fourth-order valence-electron chi connectivity index (χ4n) is 2.83. The zero-order chi connectivity index (χ0) is 26.5. The molecule has 2 unspecified atom stereocenters. The fourth-order valence-corrected chi connectivity index (χ4v) is 4.65. The minimum atomic E-state index is -4.25. The molecule has 0 N–H and O–H groups in total. The highest BCUT2D eigenvalue weighted by molar-refractivity contribution is 7.90. The highest BCUT2D eigenvalue weighted by Crippen LogP contribution is 2.35. The van der Waals surface area contributed by atoms with Gasteiger partial charge in [0.25, 0.3) is 10.1 Å². The van der Waals surface area contributed by atoms with E-state index in [0.717, 1.165) is 5.57 Å². The summed E-state index contributed by atoms with van der Waals surface area (Å²) in [6.45, 7) is 22.8. The zero-order valence-corrected chi connectivity index (χ0v) is 23.8. The van der Waals surface area contributed by atoms with Crippen molar-refractivity contribution in [2.24, 2.45) is 29.1 Å². The lowest BCUT2D eigenvalue weighted by molar-refractivity contribution is -0.170. The van der Waals surface area contributed by atoms with Crippen molar-refractivity contribution < 1.29 is 26.9 Å². The van der Waals surface area contributed by atoms with Gasteiger partial charge in [-0.1, -0.05) is 60.1 Å². The molecular weight excluding hydrogens is 440 g/mol. The van der Waals surface area contributed by atoms with Gasteiger partial charge in [-0.25, -0.2) is 0 Å². The first-order valence-electron chi connectivity index (χ1n) is 11.7. The van der Waals surface area contributed by atoms with E-state index < -0.39 is 39.5 Å². The maximum atomic E-state index is 13.6. The van der Waals surface area contributed by atoms with Gasteiger partial charge < -0.3 is 4.74 Å². The molecule has 33 heavy (non-hydrogen) atoms. The van der Waals surface area contributed by atoms with Crippen LogP contribution in [-0.2, 0) is 28.6 Å². The van der Waals surface area contributed by atoms with Crippen molar-refractivity contribution in [1.82, 2.24) is 0 Å². The smallest absolute Gasteiger partial charge is 0.322 e. The van der Waals surface area contributed by atoms with Crippen LogP contribution in [0.5, 0.6) is 0 Å². The second-order valence-electron chi connectivity index (χ2n) is 11.2. The van der Waals surface area contributed by atoms with Gasteiger partial charge in [0.05, 0.1) is 11.5 Å². The Labute approximate surface area is 202 Å². The molecule has 0 bridgehead atoms. The van der Waals surface area contributed by atoms with Gasteiger partial charge in [-0.15, -0.1) is 0 Å². The molecule has 0 aromatic carbocycles. The van der Waals surface area contributed by atoms with Gasteiger partial charge in [0.2, 0.25) is 0 Å². The number of rotatable bonds is 11. The number of allylic oxidation sites excluding steroid dienone is 4. The van der Waals surface area contributed by atoms with E-state index in [2.05, 4.69) is 13.8 Å². The Bertz CT molecular complexity index is 869. The molecule has 0 saturated heterocycles. The summed E-state index contributed by atoms with van der Waals surface area (Å²) in [4.78, 5) is 25.4. The van der Waals surface area contributed by atoms with E-state index in [9.17, 15) is 18.0 Å². The van der Waals surface area contributed by atoms with E-state index >= 15 is 0 Å². The Morgan fingerprint density at radius 2 is 1.36 bits per heavy atom. The molecule has 0 aliphatic heterocycles. The predicted molar refractivity (Wildman–Crippen MR) is 134 cm³/mol. The second kappa shape index (κ2) is 11.8. The monoisotopic (exact) mass is 486 g/mol. The van der Waals surface area contributed by atoms with E-state index in [-0.39, 0.29) is 28.6 Å². The lowest BCUT2D eigenvalue weighted by Gasteiger charge is -2.30. The SMILES string of the molecule is CC(=O)C(C)(COS(=O)(=O)C(=C(C=C(C)C(C)C)C(C)C)C(C)C(C)C)C(=O)OC(C)(C)C. The van der Waals surface area contributed by atoms with Crippen LogP contribution < -0.4 is 0 Å². The maximum Gasteiger partial charge on any atom is 0.322 e. The maximum absolute atomic E-state index is 13.6. The largest absolute Gasteiger partial charge is 0.459 e. The summed E-state index contributed by atoms with van der Waals surface area (Å²) < 4.78 is 38.0. The second-order valence-corrected chi connectivity index (χ2v) is 12.7. The molecule has 0 rings (SSSR count). The van der Waals surface area contributed by atoms with Gasteiger partial charge in [0.15, 0.2) is 0 Å². The number of carbonyl (C=O) groups excluding carboxylic acids is 2. The van der Waals surface area contributed by atoms with E-state index in [1.807, 2.05) is 47.6 Å². The van der Waals surface area contributed by atoms with E-state index in [0.29, 0.717) is 5.57 Å². The van der Waals surface area contributed by atoms with E-state index in [4.69, 9.17) is 8.92 Å². The minimum absolute atomic E-state index is 0.0323. The fraction of sp³-hybridized carbons (Fsp3) is 0.769. The molecule has 0 aliphatic carbocycles. The summed E-state index contributed by atoms with van der Waals surface area (Å²) in [6, 6.07) is 0. The van der Waals surface area contributed by atoms with Crippen molar-refractivity contribution in [3.63, 3.8) is 0 Å². The molecule has 7 heteroatoms. The van der Waals surface area contributed by atoms with E-state index in [1.54, 1.807) is 20.8 Å². The number of carbonyl (C=O) groups is 2. The Kier molecular flexibility index (Phi) is 11.3. The third-order valence-corrected chi connectivity index (χ3v) is 7.59. The van der Waals surface area contributed by atoms with Gasteiger partial charge in [-0.2, -0.15) is 8.42 Å². The molecule has 0 saturated carbocycles. The molecule has 0 heterocycles. The van der Waals surface area contributed by atoms with Crippen LogP contribution in [-0.4, -0.2) is 32.4 Å². The van der Waals surface area contributed by atoms with Crippen molar-refractivity contribution in [3.8, 4) is 0 Å². The van der Waals surface area contributed by atoms with Gasteiger partial charge >= 0.3 is 5.97 Å². The van der Waals surface area contributed by atoms with E-state index in [1.165, 1.54) is 13.8 Å². The van der Waals surface area contributed by atoms with Crippen molar-refractivity contribution >= 4 is 21.9 Å². The number of ether oxygens (including phenoxy) is 1. The summed E-state index contributed by atoms with van der Waals surface area (Å²) in [5.74, 6) is -1.43. The number of esters is 1. The third-order valence-electron chi connectivity index (χ3n) is 6.01. The van der Waals surface area contributed by atoms with Crippen LogP contribution in [0.2, 0.25) is 0 Å². The van der Waals surface area contributed by atoms with Crippen LogP contribution in [0.1, 0.15) is 90.0 Å². The number of ketones is 1. The number of hydrogen-bond donors (Lipinski definition) is 0. The summed E-state index contributed by atoms with van der Waals surface area (Å²) in [5, 5.41) is 0. The molecule has 0 aliphatic rings. The van der Waals surface area contributed by atoms with Gasteiger partial charge in [-0.3, -0.25) is 13.8 Å². The molecule has 6 nitrogen and oxygen atoms in total. The third kappa shape index (κ3) is 9.01. The molecule has 192 valence electrons. The van der Waals surface area contributed by atoms with Crippen molar-refractivity contribution in [3.05, 3.63) is 22.1 Å². The van der Waals surface area contributed by atoms with Crippen LogP contribution >= 0.6 is 0 Å². The normalized spacial score (nSPS) is 17.2. The lowest BCUT2D eigenvalue weighted by atomic mass is 9.87. The Balaban J connectivity index is 6.60. The summed E-state index contributed by atoms with van der Waals surface area (Å²) in [7, 11) is -4.25. The Morgan fingerprint density at radius 1 is 0.879 bits per heavy atom. The highest BCUT2D eigenvalue weighted by Gasteiger charge is 2.44. The average molecular weight is 487 g/mol. The Morgan fingerprint density at radius 3 is 1.70 bits per heavy atom. The quantitative estimate of drug-likeness (QED) is 0.152. The molecule has 0 radical (unpaired) electrons. The summed E-state index contributed by atoms with van der Waals surface area (Å²) in [6.07, 6.45) is 1.93. The molecule has 0 aromatic heterocycles. The lowest BCUT2D eigenvalue weighted by Crippen LogP contribution is -2.44. The predicted octanol–water partition coefficient (Wildman–Crippen LogP) is 6.07. The van der Waals surface area contributed by atoms with Crippen LogP contribution in [0.15, 0.2) is 22.1 Å². The van der Waals surface area contributed by atoms with Gasteiger partial charge in [0.1, 0.15) is 16.8 Å². The molecule has 0 amide bonds. The molecular formula is C26H46O6S.